The Hall–Kier alpha value is -1.24. The lowest BCUT2D eigenvalue weighted by Crippen LogP contribution is -2.33. The maximum atomic E-state index is 11.7. The van der Waals surface area contributed by atoms with Crippen LogP contribution < -0.4 is 10.6 Å². The largest absolute Gasteiger partial charge is 0.332 e. The number of rotatable bonds is 2. The molecule has 6 heteroatoms. The molecule has 2 aromatic rings. The highest BCUT2D eigenvalue weighted by Gasteiger charge is 2.08. The van der Waals surface area contributed by atoms with Crippen LogP contribution in [0.4, 0.5) is 5.69 Å². The molecule has 0 bridgehead atoms. The topological polar surface area (TPSA) is 41.1 Å². The maximum absolute atomic E-state index is 11.7. The second kappa shape index (κ2) is 6.08. The fourth-order valence-electron chi connectivity index (χ4n) is 1.30. The van der Waals surface area contributed by atoms with Crippen molar-refractivity contribution in [2.75, 3.05) is 5.32 Å². The van der Waals surface area contributed by atoms with Crippen molar-refractivity contribution in [2.45, 2.75) is 0 Å². The van der Waals surface area contributed by atoms with Crippen molar-refractivity contribution in [1.82, 2.24) is 5.32 Å². The first kappa shape index (κ1) is 13.2. The number of thiocarbonyl (C=S) groups is 1. The number of benzene rings is 1. The van der Waals surface area contributed by atoms with E-state index in [0.29, 0.717) is 4.88 Å². The zero-order chi connectivity index (χ0) is 13.0. The predicted molar refractivity (Wildman–Crippen MR) is 82.1 cm³/mol. The fraction of sp³-hybridized carbons (Fsp3) is 0. The second-order valence-electron chi connectivity index (χ2n) is 3.40. The molecule has 0 fully saturated rings. The van der Waals surface area contributed by atoms with Gasteiger partial charge in [0.2, 0.25) is 0 Å². The summed E-state index contributed by atoms with van der Waals surface area (Å²) in [5, 5.41) is 7.71. The molecule has 1 aromatic carbocycles. The Labute approximate surface area is 122 Å². The van der Waals surface area contributed by atoms with E-state index >= 15 is 0 Å². The van der Waals surface area contributed by atoms with Crippen molar-refractivity contribution < 1.29 is 4.79 Å². The number of thiophene rings is 1. The van der Waals surface area contributed by atoms with Crippen LogP contribution in [-0.2, 0) is 0 Å². The van der Waals surface area contributed by atoms with Gasteiger partial charge < -0.3 is 5.32 Å². The zero-order valence-electron chi connectivity index (χ0n) is 9.14. The lowest BCUT2D eigenvalue weighted by molar-refractivity contribution is 0.0981. The molecule has 92 valence electrons. The first-order valence-corrected chi connectivity index (χ1v) is 7.14. The summed E-state index contributed by atoms with van der Waals surface area (Å²) < 4.78 is 0.944. The first-order valence-electron chi connectivity index (χ1n) is 5.06. The van der Waals surface area contributed by atoms with Gasteiger partial charge >= 0.3 is 0 Å². The normalized spacial score (nSPS) is 9.83. The Balaban J connectivity index is 1.95. The fourth-order valence-corrected chi connectivity index (χ4v) is 2.53. The van der Waals surface area contributed by atoms with Crippen molar-refractivity contribution in [2.24, 2.45) is 0 Å². The van der Waals surface area contributed by atoms with E-state index in [2.05, 4.69) is 26.6 Å². The van der Waals surface area contributed by atoms with E-state index in [4.69, 9.17) is 12.2 Å². The van der Waals surface area contributed by atoms with Crippen LogP contribution in [0.2, 0.25) is 0 Å². The Morgan fingerprint density at radius 3 is 2.78 bits per heavy atom. The molecule has 2 rings (SSSR count). The van der Waals surface area contributed by atoms with E-state index in [1.54, 1.807) is 6.07 Å². The van der Waals surface area contributed by atoms with E-state index in [1.165, 1.54) is 11.3 Å². The Morgan fingerprint density at radius 1 is 1.28 bits per heavy atom. The van der Waals surface area contributed by atoms with Gasteiger partial charge in [-0.15, -0.1) is 11.3 Å². The molecule has 3 nitrogen and oxygen atoms in total. The van der Waals surface area contributed by atoms with Crippen molar-refractivity contribution >= 4 is 56.2 Å². The third-order valence-electron chi connectivity index (χ3n) is 2.05. The van der Waals surface area contributed by atoms with Gasteiger partial charge in [0.05, 0.1) is 4.88 Å². The van der Waals surface area contributed by atoms with Crippen LogP contribution >= 0.6 is 39.5 Å². The van der Waals surface area contributed by atoms with Gasteiger partial charge in [-0.3, -0.25) is 10.1 Å². The van der Waals surface area contributed by atoms with Gasteiger partial charge in [0.25, 0.3) is 5.91 Å². The maximum Gasteiger partial charge on any atom is 0.267 e. The molecule has 0 aliphatic heterocycles. The molecule has 0 aliphatic rings. The predicted octanol–water partition coefficient (Wildman–Crippen LogP) is 3.64. The SMILES string of the molecule is O=C(NC(=S)Nc1cccc(Br)c1)c1cccs1. The minimum absolute atomic E-state index is 0.197. The molecular weight excluding hydrogens is 332 g/mol. The van der Waals surface area contributed by atoms with Gasteiger partial charge in [0.1, 0.15) is 0 Å². The van der Waals surface area contributed by atoms with E-state index in [9.17, 15) is 4.79 Å². The summed E-state index contributed by atoms with van der Waals surface area (Å²) in [4.78, 5) is 12.4. The van der Waals surface area contributed by atoms with Crippen LogP contribution in [-0.4, -0.2) is 11.0 Å². The summed E-state index contributed by atoms with van der Waals surface area (Å²) in [6.07, 6.45) is 0. The molecular formula is C12H9BrN2OS2. The molecule has 0 saturated heterocycles. The highest BCUT2D eigenvalue weighted by atomic mass is 79.9. The molecule has 0 aliphatic carbocycles. The highest BCUT2D eigenvalue weighted by molar-refractivity contribution is 9.10. The molecule has 1 aromatic heterocycles. The molecule has 2 N–H and O–H groups in total. The van der Waals surface area contributed by atoms with Gasteiger partial charge in [0, 0.05) is 10.2 Å². The molecule has 18 heavy (non-hydrogen) atoms. The van der Waals surface area contributed by atoms with Crippen LogP contribution in [0.3, 0.4) is 0 Å². The number of carbonyl (C=O) groups excluding carboxylic acids is 1. The Bertz CT molecular complexity index is 569. The van der Waals surface area contributed by atoms with Crippen molar-refractivity contribution in [1.29, 1.82) is 0 Å². The quantitative estimate of drug-likeness (QED) is 0.820. The second-order valence-corrected chi connectivity index (χ2v) is 5.67. The van der Waals surface area contributed by atoms with Crippen molar-refractivity contribution in [3.63, 3.8) is 0 Å². The summed E-state index contributed by atoms with van der Waals surface area (Å²) in [7, 11) is 0. The number of carbonyl (C=O) groups is 1. The van der Waals surface area contributed by atoms with Crippen LogP contribution in [0.25, 0.3) is 0 Å². The number of anilines is 1. The van der Waals surface area contributed by atoms with Crippen LogP contribution in [0, 0.1) is 0 Å². The van der Waals surface area contributed by atoms with Crippen molar-refractivity contribution in [3.8, 4) is 0 Å². The monoisotopic (exact) mass is 340 g/mol. The van der Waals surface area contributed by atoms with Gasteiger partial charge in [-0.2, -0.15) is 0 Å². The van der Waals surface area contributed by atoms with Crippen LogP contribution in [0.15, 0.2) is 46.3 Å². The third-order valence-corrected chi connectivity index (χ3v) is 3.62. The van der Waals surface area contributed by atoms with Gasteiger partial charge in [-0.1, -0.05) is 28.1 Å². The molecule has 0 spiro atoms. The Kier molecular flexibility index (Phi) is 4.46. The summed E-state index contributed by atoms with van der Waals surface area (Å²) in [6, 6.07) is 11.1. The number of hydrogen-bond donors (Lipinski definition) is 2. The molecule has 1 heterocycles. The molecule has 1 amide bonds. The smallest absolute Gasteiger partial charge is 0.267 e. The highest BCUT2D eigenvalue weighted by Crippen LogP contribution is 2.15. The summed E-state index contributed by atoms with van der Waals surface area (Å²) in [6.45, 7) is 0. The molecule has 0 unspecified atom stereocenters. The first-order chi connectivity index (χ1) is 8.65. The van der Waals surface area contributed by atoms with E-state index < -0.39 is 0 Å². The molecule has 0 radical (unpaired) electrons. The summed E-state index contributed by atoms with van der Waals surface area (Å²) in [5.74, 6) is -0.197. The molecule has 0 atom stereocenters. The number of halogens is 1. The van der Waals surface area contributed by atoms with Crippen molar-refractivity contribution in [3.05, 3.63) is 51.1 Å². The molecule has 0 saturated carbocycles. The lowest BCUT2D eigenvalue weighted by Gasteiger charge is -2.08. The van der Waals surface area contributed by atoms with Crippen LogP contribution in [0.1, 0.15) is 9.67 Å². The Morgan fingerprint density at radius 2 is 2.11 bits per heavy atom. The lowest BCUT2D eigenvalue weighted by atomic mass is 10.3. The number of amides is 1. The van der Waals surface area contributed by atoms with E-state index in [0.717, 1.165) is 10.2 Å². The minimum atomic E-state index is -0.197. The number of nitrogens with one attached hydrogen (secondary N) is 2. The third kappa shape index (κ3) is 3.63. The average Bonchev–Trinajstić information content (AvgIpc) is 2.81. The zero-order valence-corrected chi connectivity index (χ0v) is 12.4. The summed E-state index contributed by atoms with van der Waals surface area (Å²) >= 11 is 9.82. The van der Waals surface area contributed by atoms with E-state index in [-0.39, 0.29) is 11.0 Å². The minimum Gasteiger partial charge on any atom is -0.332 e. The van der Waals surface area contributed by atoms with Crippen LogP contribution in [0.5, 0.6) is 0 Å². The van der Waals surface area contributed by atoms with Gasteiger partial charge in [-0.25, -0.2) is 0 Å². The number of hydrogen-bond acceptors (Lipinski definition) is 3. The standard InChI is InChI=1S/C12H9BrN2OS2/c13-8-3-1-4-9(7-8)14-12(17)15-11(16)10-5-2-6-18-10/h1-7H,(H2,14,15,16,17). The van der Waals surface area contributed by atoms with Gasteiger partial charge in [0.15, 0.2) is 5.11 Å². The van der Waals surface area contributed by atoms with E-state index in [1.807, 2.05) is 35.7 Å². The van der Waals surface area contributed by atoms with Gasteiger partial charge in [-0.05, 0) is 41.9 Å². The summed E-state index contributed by atoms with van der Waals surface area (Å²) in [5.41, 5.74) is 0.820. The average molecular weight is 341 g/mol.